The SMILES string of the molecule is C=C1/C=C\C=C/Cc2ccc(-c3cc(-c4cccc(C#N)c4)c4cc(-c5ccc6c(c5)C(C)(C)c5ccccc5-6)c5ccccc5c4n3)cc2C1(C)C. The summed E-state index contributed by atoms with van der Waals surface area (Å²) in [4.78, 5) is 5.51. The largest absolute Gasteiger partial charge is 0.247 e. The molecule has 0 radical (unpaired) electrons. The second kappa shape index (κ2) is 12.1. The van der Waals surface area contributed by atoms with Gasteiger partial charge in [-0.3, -0.25) is 0 Å². The highest BCUT2D eigenvalue weighted by molar-refractivity contribution is 6.16. The predicted octanol–water partition coefficient (Wildman–Crippen LogP) is 13.1. The van der Waals surface area contributed by atoms with Crippen molar-refractivity contribution >= 4 is 21.7 Å². The van der Waals surface area contributed by atoms with Crippen molar-refractivity contribution in [2.45, 2.75) is 44.9 Å². The van der Waals surface area contributed by atoms with E-state index in [4.69, 9.17) is 4.98 Å². The van der Waals surface area contributed by atoms with Gasteiger partial charge in [-0.05, 0) is 109 Å². The minimum absolute atomic E-state index is 0.104. The summed E-state index contributed by atoms with van der Waals surface area (Å²) in [6.07, 6.45) is 9.39. The highest BCUT2D eigenvalue weighted by Crippen LogP contribution is 2.50. The van der Waals surface area contributed by atoms with Gasteiger partial charge in [-0.1, -0.05) is 144 Å². The van der Waals surface area contributed by atoms with Gasteiger partial charge in [0.25, 0.3) is 0 Å². The quantitative estimate of drug-likeness (QED) is 0.174. The molecule has 9 rings (SSSR count). The van der Waals surface area contributed by atoms with Crippen molar-refractivity contribution in [3.63, 3.8) is 0 Å². The molecule has 2 nitrogen and oxygen atoms in total. The molecular weight excluding hydrogens is 641 g/mol. The van der Waals surface area contributed by atoms with Crippen LogP contribution in [0.5, 0.6) is 0 Å². The van der Waals surface area contributed by atoms with Crippen molar-refractivity contribution in [3.8, 4) is 50.7 Å². The molecule has 0 unspecified atom stereocenters. The topological polar surface area (TPSA) is 36.7 Å². The van der Waals surface area contributed by atoms with Crippen LogP contribution in [0.2, 0.25) is 0 Å². The average molecular weight is 681 g/mol. The fourth-order valence-corrected chi connectivity index (χ4v) is 8.63. The minimum Gasteiger partial charge on any atom is -0.247 e. The van der Waals surface area contributed by atoms with Crippen LogP contribution in [0.3, 0.4) is 0 Å². The van der Waals surface area contributed by atoms with Gasteiger partial charge in [-0.25, -0.2) is 4.98 Å². The zero-order valence-electron chi connectivity index (χ0n) is 30.7. The van der Waals surface area contributed by atoms with Crippen molar-refractivity contribution in [3.05, 3.63) is 186 Å². The molecule has 0 saturated carbocycles. The van der Waals surface area contributed by atoms with Gasteiger partial charge < -0.3 is 0 Å². The molecule has 6 aromatic carbocycles. The summed E-state index contributed by atoms with van der Waals surface area (Å²) in [6.45, 7) is 13.7. The van der Waals surface area contributed by atoms with Crippen LogP contribution in [-0.4, -0.2) is 4.98 Å². The summed E-state index contributed by atoms with van der Waals surface area (Å²) in [5, 5.41) is 13.3. The average Bonchev–Trinajstić information content (AvgIpc) is 3.44. The van der Waals surface area contributed by atoms with Crippen LogP contribution in [-0.2, 0) is 17.3 Å². The lowest BCUT2D eigenvalue weighted by molar-refractivity contribution is 0.635. The van der Waals surface area contributed by atoms with Crippen LogP contribution in [0.1, 0.15) is 55.5 Å². The fourth-order valence-electron chi connectivity index (χ4n) is 8.63. The lowest BCUT2D eigenvalue weighted by Gasteiger charge is -2.29. The molecule has 2 aliphatic carbocycles. The van der Waals surface area contributed by atoms with Crippen molar-refractivity contribution in [1.29, 1.82) is 5.26 Å². The van der Waals surface area contributed by atoms with E-state index < -0.39 is 0 Å². The summed E-state index contributed by atoms with van der Waals surface area (Å²) in [5.74, 6) is 0. The number of benzene rings is 6. The Morgan fingerprint density at radius 3 is 2.15 bits per heavy atom. The Balaban J connectivity index is 1.31. The number of nitrogens with zero attached hydrogens (tertiary/aromatic N) is 2. The third-order valence-electron chi connectivity index (χ3n) is 11.8. The maximum Gasteiger partial charge on any atom is 0.0991 e. The van der Waals surface area contributed by atoms with E-state index in [0.717, 1.165) is 50.7 Å². The summed E-state index contributed by atoms with van der Waals surface area (Å²) < 4.78 is 0. The first-order chi connectivity index (χ1) is 25.6. The van der Waals surface area contributed by atoms with Crippen molar-refractivity contribution in [2.24, 2.45) is 0 Å². The lowest BCUT2D eigenvalue weighted by atomic mass is 9.75. The Hall–Kier alpha value is -6.30. The molecular formula is C51H40N2. The molecule has 0 aliphatic heterocycles. The highest BCUT2D eigenvalue weighted by atomic mass is 14.7. The van der Waals surface area contributed by atoms with Gasteiger partial charge in [0.15, 0.2) is 0 Å². The fraction of sp³-hybridized carbons (Fsp3) is 0.137. The molecule has 1 aromatic heterocycles. The smallest absolute Gasteiger partial charge is 0.0991 e. The van der Waals surface area contributed by atoms with E-state index in [0.29, 0.717) is 5.56 Å². The first-order valence-corrected chi connectivity index (χ1v) is 18.4. The number of pyridine rings is 1. The van der Waals surface area contributed by atoms with Crippen LogP contribution in [0.4, 0.5) is 0 Å². The Bertz CT molecular complexity index is 2780. The molecule has 0 N–H and O–H groups in total. The lowest BCUT2D eigenvalue weighted by Crippen LogP contribution is -2.20. The molecule has 254 valence electrons. The van der Waals surface area contributed by atoms with E-state index in [1.807, 2.05) is 18.2 Å². The first-order valence-electron chi connectivity index (χ1n) is 18.4. The van der Waals surface area contributed by atoms with Gasteiger partial charge in [0.2, 0.25) is 0 Å². The van der Waals surface area contributed by atoms with E-state index in [9.17, 15) is 5.26 Å². The second-order valence-electron chi connectivity index (χ2n) is 15.6. The molecule has 2 aliphatic rings. The molecule has 0 amide bonds. The minimum atomic E-state index is -0.262. The predicted molar refractivity (Wildman–Crippen MR) is 222 cm³/mol. The van der Waals surface area contributed by atoms with Gasteiger partial charge >= 0.3 is 0 Å². The maximum atomic E-state index is 9.94. The summed E-state index contributed by atoms with van der Waals surface area (Å²) in [6, 6.07) is 46.1. The standard InChI is InChI=1S/C51H40N2/c1-32-14-7-6-8-16-34-22-23-37(28-46(34)50(32,2)3)48-30-43(35-17-13-15-33(26-35)31-52)44-29-42(38-18-9-10-20-41(38)49(44)53-48)36-24-25-40-39-19-11-12-21-45(39)51(4,5)47(40)27-36/h6-15,17-30H,1,16H2,2-5H3/b8-6-,14-7-. The highest BCUT2D eigenvalue weighted by Gasteiger charge is 2.35. The van der Waals surface area contributed by atoms with E-state index in [1.54, 1.807) is 0 Å². The molecule has 7 aromatic rings. The Kier molecular flexibility index (Phi) is 7.47. The summed E-state index contributed by atoms with van der Waals surface area (Å²) >= 11 is 0. The van der Waals surface area contributed by atoms with Crippen LogP contribution in [0, 0.1) is 11.3 Å². The van der Waals surface area contributed by atoms with Gasteiger partial charge in [0.1, 0.15) is 0 Å². The zero-order chi connectivity index (χ0) is 36.5. The molecule has 0 spiro atoms. The molecule has 53 heavy (non-hydrogen) atoms. The molecule has 1 heterocycles. The molecule has 0 bridgehead atoms. The molecule has 0 atom stereocenters. The molecule has 0 saturated heterocycles. The Labute approximate surface area is 312 Å². The number of allylic oxidation sites excluding steroid dienone is 5. The number of rotatable bonds is 3. The number of aromatic nitrogens is 1. The Morgan fingerprint density at radius 1 is 0.585 bits per heavy atom. The number of hydrogen-bond acceptors (Lipinski definition) is 2. The number of nitriles is 1. The van der Waals surface area contributed by atoms with Gasteiger partial charge in [-0.15, -0.1) is 0 Å². The third-order valence-corrected chi connectivity index (χ3v) is 11.8. The van der Waals surface area contributed by atoms with Crippen LogP contribution >= 0.6 is 0 Å². The maximum absolute atomic E-state index is 9.94. The van der Waals surface area contributed by atoms with Crippen molar-refractivity contribution in [1.82, 2.24) is 4.98 Å². The van der Waals surface area contributed by atoms with Gasteiger partial charge in [0.05, 0.1) is 22.8 Å². The number of hydrogen-bond donors (Lipinski definition) is 0. The number of fused-ring (bicyclic) bond motifs is 7. The zero-order valence-corrected chi connectivity index (χ0v) is 30.7. The van der Waals surface area contributed by atoms with E-state index in [1.165, 1.54) is 49.9 Å². The van der Waals surface area contributed by atoms with Crippen molar-refractivity contribution < 1.29 is 0 Å². The monoisotopic (exact) mass is 680 g/mol. The summed E-state index contributed by atoms with van der Waals surface area (Å²) in [5.41, 5.74) is 16.6. The van der Waals surface area contributed by atoms with Crippen LogP contribution < -0.4 is 0 Å². The van der Waals surface area contributed by atoms with Crippen LogP contribution in [0.25, 0.3) is 66.3 Å². The molecule has 0 fully saturated rings. The third kappa shape index (κ3) is 5.19. The normalized spacial score (nSPS) is 16.5. The second-order valence-corrected chi connectivity index (χ2v) is 15.6. The van der Waals surface area contributed by atoms with E-state index in [-0.39, 0.29) is 10.8 Å². The van der Waals surface area contributed by atoms with E-state index >= 15 is 0 Å². The van der Waals surface area contributed by atoms with Crippen molar-refractivity contribution in [2.75, 3.05) is 0 Å². The van der Waals surface area contributed by atoms with Gasteiger partial charge in [0, 0.05) is 27.2 Å². The van der Waals surface area contributed by atoms with Gasteiger partial charge in [-0.2, -0.15) is 5.26 Å². The van der Waals surface area contributed by atoms with Crippen LogP contribution in [0.15, 0.2) is 158 Å². The summed E-state index contributed by atoms with van der Waals surface area (Å²) in [7, 11) is 0. The Morgan fingerprint density at radius 2 is 1.30 bits per heavy atom. The first kappa shape index (κ1) is 32.6. The van der Waals surface area contributed by atoms with E-state index in [2.05, 4.69) is 168 Å². The molecule has 2 heteroatoms.